The summed E-state index contributed by atoms with van der Waals surface area (Å²) >= 11 is 0. The van der Waals surface area contributed by atoms with E-state index in [4.69, 9.17) is 5.11 Å². The molecule has 4 heteroatoms. The molecule has 0 aliphatic heterocycles. The van der Waals surface area contributed by atoms with Gasteiger partial charge in [0.1, 0.15) is 0 Å². The first-order valence-electron chi connectivity index (χ1n) is 9.79. The maximum Gasteiger partial charge on any atom is 0.303 e. The maximum absolute atomic E-state index is 10.4. The first-order valence-corrected chi connectivity index (χ1v) is 9.79. The van der Waals surface area contributed by atoms with E-state index in [1.807, 2.05) is 37.3 Å². The summed E-state index contributed by atoms with van der Waals surface area (Å²) in [5.41, 5.74) is 0. The Bertz CT molecular complexity index is 449. The zero-order valence-electron chi connectivity index (χ0n) is 16.1. The molecular weight excluding hydrogens is 328 g/mol. The largest absolute Gasteiger partial charge is 0.481 e. The van der Waals surface area contributed by atoms with Crippen molar-refractivity contribution in [3.8, 4) is 0 Å². The molecule has 26 heavy (non-hydrogen) atoms. The lowest BCUT2D eigenvalue weighted by Crippen LogP contribution is -1.99. The van der Waals surface area contributed by atoms with Crippen molar-refractivity contribution < 1.29 is 20.1 Å². The summed E-state index contributed by atoms with van der Waals surface area (Å²) < 4.78 is 0. The van der Waals surface area contributed by atoms with Gasteiger partial charge in [0.05, 0.1) is 12.2 Å². The molecule has 0 rings (SSSR count). The highest BCUT2D eigenvalue weighted by Crippen LogP contribution is 2.06. The van der Waals surface area contributed by atoms with Crippen molar-refractivity contribution >= 4 is 5.97 Å². The van der Waals surface area contributed by atoms with Crippen LogP contribution in [0, 0.1) is 0 Å². The molecule has 0 aliphatic rings. The van der Waals surface area contributed by atoms with Crippen LogP contribution < -0.4 is 0 Å². The molecule has 0 radical (unpaired) electrons. The molecule has 4 nitrogen and oxygen atoms in total. The highest BCUT2D eigenvalue weighted by atomic mass is 16.4. The molecule has 2 atom stereocenters. The number of aliphatic hydroxyl groups is 2. The van der Waals surface area contributed by atoms with Crippen LogP contribution in [0.3, 0.4) is 0 Å². The van der Waals surface area contributed by atoms with Crippen LogP contribution in [-0.4, -0.2) is 33.5 Å². The average Bonchev–Trinajstić information content (AvgIpc) is 2.61. The highest BCUT2D eigenvalue weighted by molar-refractivity contribution is 5.66. The lowest BCUT2D eigenvalue weighted by Gasteiger charge is -2.00. The van der Waals surface area contributed by atoms with Gasteiger partial charge in [-0.25, -0.2) is 0 Å². The van der Waals surface area contributed by atoms with Crippen molar-refractivity contribution in [3.63, 3.8) is 0 Å². The zero-order valence-corrected chi connectivity index (χ0v) is 16.1. The number of hydrogen-bond donors (Lipinski definition) is 3. The van der Waals surface area contributed by atoms with E-state index in [1.54, 1.807) is 6.08 Å². The lowest BCUT2D eigenvalue weighted by atomic mass is 10.1. The number of rotatable bonds is 16. The van der Waals surface area contributed by atoms with Gasteiger partial charge in [0, 0.05) is 6.42 Å². The number of hydrogen-bond acceptors (Lipinski definition) is 3. The smallest absolute Gasteiger partial charge is 0.303 e. The van der Waals surface area contributed by atoms with Gasteiger partial charge in [-0.05, 0) is 51.4 Å². The molecule has 0 spiro atoms. The van der Waals surface area contributed by atoms with E-state index >= 15 is 0 Å². The average molecular weight is 365 g/mol. The number of aliphatic carboxylic acids is 1. The number of carboxylic acid groups (broad SMARTS) is 1. The summed E-state index contributed by atoms with van der Waals surface area (Å²) in [6.07, 6.45) is 23.0. The molecule has 0 aromatic heterocycles. The fraction of sp³-hybridized carbons (Fsp3) is 0.591. The van der Waals surface area contributed by atoms with Crippen LogP contribution in [0.2, 0.25) is 0 Å². The van der Waals surface area contributed by atoms with Crippen LogP contribution >= 0.6 is 0 Å². The van der Waals surface area contributed by atoms with Crippen molar-refractivity contribution in [1.82, 2.24) is 0 Å². The zero-order chi connectivity index (χ0) is 19.5. The van der Waals surface area contributed by atoms with Crippen LogP contribution in [0.5, 0.6) is 0 Å². The molecule has 0 saturated carbocycles. The minimum atomic E-state index is -0.727. The molecule has 148 valence electrons. The summed E-state index contributed by atoms with van der Waals surface area (Å²) in [5, 5.41) is 27.7. The van der Waals surface area contributed by atoms with Crippen LogP contribution in [0.1, 0.15) is 71.1 Å². The fourth-order valence-electron chi connectivity index (χ4n) is 2.26. The minimum absolute atomic E-state index is 0.252. The van der Waals surface area contributed by atoms with Gasteiger partial charge in [-0.2, -0.15) is 0 Å². The second-order valence-corrected chi connectivity index (χ2v) is 6.42. The molecular formula is C22H36O4. The predicted octanol–water partition coefficient (Wildman–Crippen LogP) is 4.94. The van der Waals surface area contributed by atoms with E-state index in [0.717, 1.165) is 51.4 Å². The SMILES string of the molecule is CCC(O)/C=C/C=C\CCC/C=C\C(O)C/C=C\CCCCCC(=O)O. The van der Waals surface area contributed by atoms with Crippen molar-refractivity contribution in [2.75, 3.05) is 0 Å². The Morgan fingerprint density at radius 3 is 2.27 bits per heavy atom. The molecule has 0 aromatic carbocycles. The van der Waals surface area contributed by atoms with Crippen molar-refractivity contribution in [2.45, 2.75) is 83.3 Å². The molecule has 0 amide bonds. The number of aliphatic hydroxyl groups excluding tert-OH is 2. The lowest BCUT2D eigenvalue weighted by molar-refractivity contribution is -0.137. The first kappa shape index (κ1) is 24.4. The number of allylic oxidation sites excluding steroid dienone is 5. The Hall–Kier alpha value is -1.65. The Labute approximate surface area is 158 Å². The third-order valence-electron chi connectivity index (χ3n) is 3.90. The minimum Gasteiger partial charge on any atom is -0.481 e. The number of carboxylic acids is 1. The maximum atomic E-state index is 10.4. The van der Waals surface area contributed by atoms with Gasteiger partial charge < -0.3 is 15.3 Å². The summed E-state index contributed by atoms with van der Waals surface area (Å²) in [7, 11) is 0. The van der Waals surface area contributed by atoms with E-state index in [-0.39, 0.29) is 12.5 Å². The van der Waals surface area contributed by atoms with Crippen LogP contribution in [-0.2, 0) is 4.79 Å². The van der Waals surface area contributed by atoms with Gasteiger partial charge in [-0.15, -0.1) is 0 Å². The predicted molar refractivity (Wildman–Crippen MR) is 108 cm³/mol. The highest BCUT2D eigenvalue weighted by Gasteiger charge is 1.96. The molecule has 0 aliphatic carbocycles. The van der Waals surface area contributed by atoms with Crippen molar-refractivity contribution in [1.29, 1.82) is 0 Å². The standard InChI is InChI=1S/C22H36O4/c1-2-20(23)16-12-8-4-3-5-9-13-17-21(24)18-14-10-6-7-11-15-19-22(25)26/h4,8,10,12-14,16-17,20-21,23-24H,2-3,5-7,9,11,15,18-19H2,1H3,(H,25,26)/b8-4-,14-10-,16-12+,17-13-. The normalized spacial score (nSPS) is 14.9. The molecule has 0 fully saturated rings. The van der Waals surface area contributed by atoms with E-state index < -0.39 is 12.1 Å². The monoisotopic (exact) mass is 364 g/mol. The van der Waals surface area contributed by atoms with E-state index in [0.29, 0.717) is 6.42 Å². The van der Waals surface area contributed by atoms with E-state index in [1.165, 1.54) is 0 Å². The van der Waals surface area contributed by atoms with Gasteiger partial charge in [-0.1, -0.05) is 62.0 Å². The molecule has 0 bridgehead atoms. The fourth-order valence-corrected chi connectivity index (χ4v) is 2.26. The molecule has 2 unspecified atom stereocenters. The second-order valence-electron chi connectivity index (χ2n) is 6.42. The van der Waals surface area contributed by atoms with E-state index in [2.05, 4.69) is 12.2 Å². The second kappa shape index (κ2) is 18.2. The van der Waals surface area contributed by atoms with Crippen LogP contribution in [0.4, 0.5) is 0 Å². The van der Waals surface area contributed by atoms with Gasteiger partial charge in [0.2, 0.25) is 0 Å². The first-order chi connectivity index (χ1) is 12.6. The third-order valence-corrected chi connectivity index (χ3v) is 3.90. The summed E-state index contributed by atoms with van der Waals surface area (Å²) in [6.45, 7) is 1.94. The topological polar surface area (TPSA) is 77.8 Å². The summed E-state index contributed by atoms with van der Waals surface area (Å²) in [6, 6.07) is 0. The summed E-state index contributed by atoms with van der Waals surface area (Å²) in [4.78, 5) is 10.4. The Morgan fingerprint density at radius 1 is 0.808 bits per heavy atom. The Balaban J connectivity index is 3.58. The molecule has 0 aromatic rings. The van der Waals surface area contributed by atoms with Crippen molar-refractivity contribution in [3.05, 3.63) is 48.6 Å². The van der Waals surface area contributed by atoms with Gasteiger partial charge in [-0.3, -0.25) is 4.79 Å². The number of unbranched alkanes of at least 4 members (excludes halogenated alkanes) is 5. The Kier molecular flexibility index (Phi) is 17.0. The quantitative estimate of drug-likeness (QED) is 0.206. The van der Waals surface area contributed by atoms with Gasteiger partial charge >= 0.3 is 5.97 Å². The molecule has 3 N–H and O–H groups in total. The van der Waals surface area contributed by atoms with Crippen molar-refractivity contribution in [2.24, 2.45) is 0 Å². The number of carbonyl (C=O) groups is 1. The van der Waals surface area contributed by atoms with Crippen LogP contribution in [0.25, 0.3) is 0 Å². The van der Waals surface area contributed by atoms with Gasteiger partial charge in [0.15, 0.2) is 0 Å². The Morgan fingerprint density at radius 2 is 1.54 bits per heavy atom. The molecule has 0 saturated heterocycles. The van der Waals surface area contributed by atoms with Crippen LogP contribution in [0.15, 0.2) is 48.6 Å². The third kappa shape index (κ3) is 18.7. The molecule has 0 heterocycles. The van der Waals surface area contributed by atoms with Gasteiger partial charge in [0.25, 0.3) is 0 Å². The summed E-state index contributed by atoms with van der Waals surface area (Å²) in [5.74, 6) is -0.727. The van der Waals surface area contributed by atoms with E-state index in [9.17, 15) is 15.0 Å².